The number of nitrogens with one attached hydrogen (secondary N) is 2. The maximum Gasteiger partial charge on any atom is 0.284 e. The van der Waals surface area contributed by atoms with E-state index in [0.29, 0.717) is 11.3 Å². The summed E-state index contributed by atoms with van der Waals surface area (Å²) in [7, 11) is 0. The summed E-state index contributed by atoms with van der Waals surface area (Å²) in [6.07, 6.45) is 1.35. The lowest BCUT2D eigenvalue weighted by molar-refractivity contribution is 0.628. The van der Waals surface area contributed by atoms with Crippen molar-refractivity contribution in [1.82, 2.24) is 19.9 Å². The fourth-order valence-electron chi connectivity index (χ4n) is 1.69. The molecule has 0 spiro atoms. The number of H-pyrrole nitrogens is 1. The van der Waals surface area contributed by atoms with Crippen molar-refractivity contribution < 1.29 is 4.39 Å². The Morgan fingerprint density at radius 3 is 3.05 bits per heavy atom. The Labute approximate surface area is 105 Å². The molecule has 0 unspecified atom stereocenters. The van der Waals surface area contributed by atoms with Crippen LogP contribution in [0.3, 0.4) is 0 Å². The zero-order chi connectivity index (χ0) is 13.4. The van der Waals surface area contributed by atoms with Gasteiger partial charge in [-0.3, -0.25) is 9.89 Å². The molecule has 0 aliphatic carbocycles. The van der Waals surface area contributed by atoms with Crippen LogP contribution < -0.4 is 16.7 Å². The van der Waals surface area contributed by atoms with Crippen molar-refractivity contribution in [2.75, 3.05) is 11.2 Å². The minimum Gasteiger partial charge on any atom is -0.333 e. The summed E-state index contributed by atoms with van der Waals surface area (Å²) >= 11 is 0. The third-order valence-corrected chi connectivity index (χ3v) is 2.60. The summed E-state index contributed by atoms with van der Waals surface area (Å²) in [6, 6.07) is 5.74. The molecule has 96 valence electrons. The first kappa shape index (κ1) is 11.2. The molecule has 7 nitrogen and oxygen atoms in total. The smallest absolute Gasteiger partial charge is 0.284 e. The summed E-state index contributed by atoms with van der Waals surface area (Å²) in [5.41, 5.74) is 0.299. The van der Waals surface area contributed by atoms with Crippen LogP contribution in [0.2, 0.25) is 0 Å². The first-order valence-electron chi connectivity index (χ1n) is 5.39. The fourth-order valence-corrected chi connectivity index (χ4v) is 1.69. The molecule has 0 amide bonds. The van der Waals surface area contributed by atoms with Gasteiger partial charge in [-0.2, -0.15) is 14.8 Å². The summed E-state index contributed by atoms with van der Waals surface area (Å²) in [4.78, 5) is 16.0. The highest BCUT2D eigenvalue weighted by atomic mass is 19.1. The zero-order valence-corrected chi connectivity index (χ0v) is 9.59. The van der Waals surface area contributed by atoms with Gasteiger partial charge in [0.15, 0.2) is 5.65 Å². The maximum absolute atomic E-state index is 13.1. The van der Waals surface area contributed by atoms with Gasteiger partial charge in [-0.1, -0.05) is 6.07 Å². The summed E-state index contributed by atoms with van der Waals surface area (Å²) in [5, 5.41) is 9.36. The predicted molar refractivity (Wildman–Crippen MR) is 68.0 cm³/mol. The van der Waals surface area contributed by atoms with E-state index in [1.54, 1.807) is 6.07 Å². The lowest BCUT2D eigenvalue weighted by Gasteiger charge is -2.09. The lowest BCUT2D eigenvalue weighted by Crippen LogP contribution is -2.30. The van der Waals surface area contributed by atoms with Crippen molar-refractivity contribution in [3.05, 3.63) is 46.6 Å². The average Bonchev–Trinajstić information content (AvgIpc) is 2.84. The zero-order valence-electron chi connectivity index (χ0n) is 9.59. The quantitative estimate of drug-likeness (QED) is 0.589. The Bertz CT molecular complexity index is 808. The van der Waals surface area contributed by atoms with Crippen LogP contribution in [0.4, 0.5) is 16.0 Å². The molecule has 4 N–H and O–H groups in total. The van der Waals surface area contributed by atoms with Gasteiger partial charge < -0.3 is 11.2 Å². The molecule has 3 aromatic rings. The molecular formula is C11H9FN6O. The average molecular weight is 260 g/mol. The van der Waals surface area contributed by atoms with Crippen molar-refractivity contribution in [3.8, 4) is 0 Å². The highest BCUT2D eigenvalue weighted by Crippen LogP contribution is 2.15. The molecule has 3 rings (SSSR count). The molecule has 0 bridgehead atoms. The SMILES string of the molecule is Nn1c(Nc2cccc(F)c2)nc2[nH]ncc2c1=O. The number of hydrogen-bond acceptors (Lipinski definition) is 5. The van der Waals surface area contributed by atoms with Gasteiger partial charge in [-0.15, -0.1) is 0 Å². The van der Waals surface area contributed by atoms with E-state index in [-0.39, 0.29) is 11.3 Å². The van der Waals surface area contributed by atoms with Crippen molar-refractivity contribution >= 4 is 22.7 Å². The van der Waals surface area contributed by atoms with E-state index in [9.17, 15) is 9.18 Å². The Hall–Kier alpha value is -2.90. The standard InChI is InChI=1S/C11H9FN6O/c12-6-2-1-3-7(4-6)15-11-16-9-8(5-14-17-9)10(19)18(11)13/h1-5H,13H2,(H2,14,15,16,17). The van der Waals surface area contributed by atoms with Gasteiger partial charge in [0.25, 0.3) is 5.56 Å². The van der Waals surface area contributed by atoms with Crippen LogP contribution in [0.15, 0.2) is 35.3 Å². The van der Waals surface area contributed by atoms with Crippen molar-refractivity contribution in [2.24, 2.45) is 0 Å². The van der Waals surface area contributed by atoms with Gasteiger partial charge in [-0.25, -0.2) is 4.39 Å². The number of anilines is 2. The van der Waals surface area contributed by atoms with Crippen LogP contribution in [0.1, 0.15) is 0 Å². The number of aromatic nitrogens is 4. The summed E-state index contributed by atoms with van der Waals surface area (Å²) < 4.78 is 13.9. The maximum atomic E-state index is 13.1. The molecular weight excluding hydrogens is 251 g/mol. The van der Waals surface area contributed by atoms with E-state index in [1.807, 2.05) is 0 Å². The van der Waals surface area contributed by atoms with Crippen molar-refractivity contribution in [2.45, 2.75) is 0 Å². The van der Waals surface area contributed by atoms with Gasteiger partial charge in [0, 0.05) is 5.69 Å². The molecule has 0 atom stereocenters. The van der Waals surface area contributed by atoms with E-state index in [2.05, 4.69) is 20.5 Å². The summed E-state index contributed by atoms with van der Waals surface area (Å²) in [5.74, 6) is 5.32. The minimum atomic E-state index is -0.447. The predicted octanol–water partition coefficient (Wildman–Crippen LogP) is 0.716. The Morgan fingerprint density at radius 2 is 2.26 bits per heavy atom. The van der Waals surface area contributed by atoms with Crippen molar-refractivity contribution in [1.29, 1.82) is 0 Å². The van der Waals surface area contributed by atoms with E-state index in [4.69, 9.17) is 5.84 Å². The van der Waals surface area contributed by atoms with Gasteiger partial charge >= 0.3 is 0 Å². The van der Waals surface area contributed by atoms with Crippen LogP contribution >= 0.6 is 0 Å². The Balaban J connectivity index is 2.10. The molecule has 2 aromatic heterocycles. The highest BCUT2D eigenvalue weighted by Gasteiger charge is 2.10. The Kier molecular flexibility index (Phi) is 2.41. The Morgan fingerprint density at radius 1 is 1.42 bits per heavy atom. The topological polar surface area (TPSA) is 102 Å². The number of nitrogen functional groups attached to an aromatic ring is 1. The number of nitrogens with two attached hydrogens (primary N) is 1. The number of nitrogens with zero attached hydrogens (tertiary/aromatic N) is 3. The third kappa shape index (κ3) is 1.88. The molecule has 0 aliphatic rings. The number of rotatable bonds is 2. The molecule has 0 aliphatic heterocycles. The van der Waals surface area contributed by atoms with Gasteiger partial charge in [0.05, 0.1) is 6.20 Å². The van der Waals surface area contributed by atoms with Gasteiger partial charge in [0.2, 0.25) is 5.95 Å². The van der Waals surface area contributed by atoms with Crippen LogP contribution in [-0.2, 0) is 0 Å². The second-order valence-corrected chi connectivity index (χ2v) is 3.88. The summed E-state index contributed by atoms with van der Waals surface area (Å²) in [6.45, 7) is 0. The minimum absolute atomic E-state index is 0.0901. The third-order valence-electron chi connectivity index (χ3n) is 2.60. The number of hydrogen-bond donors (Lipinski definition) is 3. The van der Waals surface area contributed by atoms with E-state index < -0.39 is 11.4 Å². The van der Waals surface area contributed by atoms with Gasteiger partial charge in [-0.05, 0) is 18.2 Å². The van der Waals surface area contributed by atoms with Gasteiger partial charge in [0.1, 0.15) is 11.2 Å². The van der Waals surface area contributed by atoms with Crippen LogP contribution in [-0.4, -0.2) is 19.9 Å². The van der Waals surface area contributed by atoms with Crippen LogP contribution in [0.5, 0.6) is 0 Å². The lowest BCUT2D eigenvalue weighted by atomic mass is 10.3. The molecule has 8 heteroatoms. The van der Waals surface area contributed by atoms with E-state index in [1.165, 1.54) is 24.4 Å². The molecule has 2 heterocycles. The second-order valence-electron chi connectivity index (χ2n) is 3.88. The second kappa shape index (κ2) is 4.09. The highest BCUT2D eigenvalue weighted by molar-refractivity contribution is 5.74. The molecule has 1 aromatic carbocycles. The molecule has 0 fully saturated rings. The molecule has 0 radical (unpaired) electrons. The fraction of sp³-hybridized carbons (Fsp3) is 0. The molecule has 0 saturated carbocycles. The number of fused-ring (bicyclic) bond motifs is 1. The van der Waals surface area contributed by atoms with Crippen LogP contribution in [0.25, 0.3) is 11.0 Å². The first-order chi connectivity index (χ1) is 9.15. The van der Waals surface area contributed by atoms with Crippen LogP contribution in [0, 0.1) is 5.82 Å². The molecule has 0 saturated heterocycles. The number of halogens is 1. The normalized spacial score (nSPS) is 10.8. The first-order valence-corrected chi connectivity index (χ1v) is 5.39. The van der Waals surface area contributed by atoms with E-state index in [0.717, 1.165) is 4.68 Å². The van der Waals surface area contributed by atoms with E-state index >= 15 is 0 Å². The molecule has 19 heavy (non-hydrogen) atoms. The van der Waals surface area contributed by atoms with Crippen molar-refractivity contribution in [3.63, 3.8) is 0 Å². The monoisotopic (exact) mass is 260 g/mol. The number of benzene rings is 1. The number of aromatic amines is 1. The largest absolute Gasteiger partial charge is 0.333 e.